The van der Waals surface area contributed by atoms with Crippen molar-refractivity contribution >= 4 is 12.2 Å². The van der Waals surface area contributed by atoms with Gasteiger partial charge in [0, 0.05) is 0 Å². The predicted octanol–water partition coefficient (Wildman–Crippen LogP) is -1.12. The van der Waals surface area contributed by atoms with Crippen LogP contribution in [0.1, 0.15) is 0 Å². The maximum Gasteiger partial charge on any atom is 0.332 e. The van der Waals surface area contributed by atoms with Crippen molar-refractivity contribution in [2.45, 2.75) is 0 Å². The molecule has 0 aromatic carbocycles. The van der Waals surface area contributed by atoms with Crippen molar-refractivity contribution in [2.75, 3.05) is 7.11 Å². The molecule has 0 aromatic rings. The van der Waals surface area contributed by atoms with Gasteiger partial charge in [-0.25, -0.2) is 0 Å². The summed E-state index contributed by atoms with van der Waals surface area (Å²) < 4.78 is 0. The van der Waals surface area contributed by atoms with Gasteiger partial charge in [-0.2, -0.15) is 0 Å². The van der Waals surface area contributed by atoms with Gasteiger partial charge in [0.1, 0.15) is 0 Å². The molecule has 0 aliphatic rings. The summed E-state index contributed by atoms with van der Waals surface area (Å²) in [6.45, 7) is 0. The maximum atomic E-state index is 9.75. The van der Waals surface area contributed by atoms with Crippen molar-refractivity contribution in [2.24, 2.45) is 0 Å². The van der Waals surface area contributed by atoms with E-state index in [0.29, 0.717) is 0 Å². The number of carbonyl (C=O) groups excluding carboxylic acids is 2. The fourth-order valence-electron chi connectivity index (χ4n) is 0.111. The van der Waals surface area contributed by atoms with E-state index < -0.39 is 5.91 Å². The molecule has 4 heteroatoms. The molecule has 0 N–H and O–H groups in total. The van der Waals surface area contributed by atoms with E-state index in [1.54, 1.807) is 0 Å². The smallest absolute Gasteiger partial charge is 0.292 e. The lowest BCUT2D eigenvalue weighted by molar-refractivity contribution is -0.139. The van der Waals surface area contributed by atoms with E-state index in [1.807, 2.05) is 0 Å². The number of hydrogen-bond donors (Lipinski definition) is 0. The van der Waals surface area contributed by atoms with Crippen LogP contribution in [0.15, 0.2) is 0 Å². The summed E-state index contributed by atoms with van der Waals surface area (Å²) in [5.74, 6) is -0.900. The Bertz CT molecular complexity index is 80.2. The van der Waals surface area contributed by atoms with Gasteiger partial charge in [-0.05, 0) is 0 Å². The minimum Gasteiger partial charge on any atom is -0.292 e. The summed E-state index contributed by atoms with van der Waals surface area (Å²) >= 11 is 0. The molecule has 0 atom stereocenters. The lowest BCUT2D eigenvalue weighted by Crippen LogP contribution is -2.14. The van der Waals surface area contributed by atoms with Gasteiger partial charge < -0.3 is 0 Å². The van der Waals surface area contributed by atoms with Gasteiger partial charge in [-0.1, -0.05) is 5.48 Å². The summed E-state index contributed by atoms with van der Waals surface area (Å²) in [7, 11) is 1.20. The molecule has 0 fully saturated rings. The Kier molecular flexibility index (Phi) is 2.87. The number of carbonyl (C=O) groups is 2. The van der Waals surface area contributed by atoms with E-state index in [2.05, 4.69) is 10.3 Å². The van der Waals surface area contributed by atoms with E-state index in [4.69, 9.17) is 0 Å². The third-order valence-corrected chi connectivity index (χ3v) is 0.282. The highest BCUT2D eigenvalue weighted by Gasteiger charge is 1.94. The van der Waals surface area contributed by atoms with Gasteiger partial charge in [0.05, 0.1) is 7.11 Å². The zero-order valence-electron chi connectivity index (χ0n) is 3.75. The topological polar surface area (TPSA) is 57.5 Å². The Labute approximate surface area is 40.4 Å². The summed E-state index contributed by atoms with van der Waals surface area (Å²) in [5.41, 5.74) is 2.74. The lowest BCUT2D eigenvalue weighted by Gasteiger charge is -1.83. The second kappa shape index (κ2) is 3.30. The zero-order valence-corrected chi connectivity index (χ0v) is 3.75. The first-order chi connectivity index (χ1) is 3.31. The molecule has 0 spiro atoms. The minimum absolute atomic E-state index is 0.0729. The maximum absolute atomic E-state index is 9.75. The summed E-state index contributed by atoms with van der Waals surface area (Å²) in [5, 5.41) is 0. The van der Waals surface area contributed by atoms with Crippen LogP contribution in [-0.4, -0.2) is 19.3 Å². The van der Waals surface area contributed by atoms with Crippen LogP contribution >= 0.6 is 0 Å². The highest BCUT2D eigenvalue weighted by atomic mass is 16.6. The van der Waals surface area contributed by atoms with Crippen molar-refractivity contribution in [3.8, 4) is 0 Å². The van der Waals surface area contributed by atoms with Crippen LogP contribution in [0, 0.1) is 0 Å². The van der Waals surface area contributed by atoms with Gasteiger partial charge in [-0.15, -0.1) is 0 Å². The Morgan fingerprint density at radius 1 is 1.86 bits per heavy atom. The van der Waals surface area contributed by atoms with Crippen LogP contribution in [0.2, 0.25) is 0 Å². The molecule has 1 radical (unpaired) electrons. The molecule has 39 valence electrons. The Hall–Kier alpha value is -0.900. The molecule has 0 saturated heterocycles. The minimum atomic E-state index is -0.900. The van der Waals surface area contributed by atoms with E-state index in [-0.39, 0.29) is 6.29 Å². The molecule has 0 aliphatic carbocycles. The van der Waals surface area contributed by atoms with Gasteiger partial charge in [0.15, 0.2) is 0 Å². The second-order valence-electron chi connectivity index (χ2n) is 0.730. The van der Waals surface area contributed by atoms with Crippen LogP contribution in [0.4, 0.5) is 0 Å². The molecule has 7 heavy (non-hydrogen) atoms. The summed E-state index contributed by atoms with van der Waals surface area (Å²) in [4.78, 5) is 23.1. The van der Waals surface area contributed by atoms with Crippen LogP contribution < -0.4 is 5.48 Å². The normalized spacial score (nSPS) is 7.57. The number of hydroxylamine groups is 1. The van der Waals surface area contributed by atoms with Gasteiger partial charge in [-0.3, -0.25) is 14.4 Å². The molecule has 0 saturated carbocycles. The molecular formula is C3H4NO3. The average Bonchev–Trinajstić information content (AvgIpc) is 1.68. The lowest BCUT2D eigenvalue weighted by atomic mass is 10.7. The molecular weight excluding hydrogens is 98.0 g/mol. The van der Waals surface area contributed by atoms with Gasteiger partial charge in [0.2, 0.25) is 6.29 Å². The Morgan fingerprint density at radius 2 is 2.43 bits per heavy atom. The van der Waals surface area contributed by atoms with Crippen molar-refractivity contribution in [1.29, 1.82) is 0 Å². The zero-order chi connectivity index (χ0) is 5.70. The fourth-order valence-corrected chi connectivity index (χ4v) is 0.111. The quantitative estimate of drug-likeness (QED) is 0.252. The van der Waals surface area contributed by atoms with E-state index in [9.17, 15) is 9.59 Å². The van der Waals surface area contributed by atoms with Gasteiger partial charge in [0.25, 0.3) is 0 Å². The Balaban J connectivity index is 3.17. The fraction of sp³-hybridized carbons (Fsp3) is 0.333. The number of hydrogen-bond acceptors (Lipinski definition) is 3. The van der Waals surface area contributed by atoms with Crippen LogP contribution in [0.3, 0.4) is 0 Å². The van der Waals surface area contributed by atoms with Gasteiger partial charge >= 0.3 is 5.91 Å². The molecule has 0 aromatic heterocycles. The van der Waals surface area contributed by atoms with E-state index in [0.717, 1.165) is 0 Å². The van der Waals surface area contributed by atoms with Crippen molar-refractivity contribution < 1.29 is 14.4 Å². The highest BCUT2D eigenvalue weighted by Crippen LogP contribution is 1.57. The largest absolute Gasteiger partial charge is 0.332 e. The number of nitrogens with zero attached hydrogens (tertiary/aromatic N) is 1. The number of rotatable bonds is 2. The summed E-state index contributed by atoms with van der Waals surface area (Å²) in [6, 6.07) is 0. The average molecular weight is 102 g/mol. The number of aldehydes is 1. The molecule has 0 bridgehead atoms. The third-order valence-electron chi connectivity index (χ3n) is 0.282. The molecule has 0 rings (SSSR count). The summed E-state index contributed by atoms with van der Waals surface area (Å²) in [6.07, 6.45) is 0.0729. The molecule has 0 aliphatic heterocycles. The molecule has 1 amide bonds. The molecule has 0 heterocycles. The van der Waals surface area contributed by atoms with Crippen LogP contribution in [-0.2, 0) is 14.4 Å². The van der Waals surface area contributed by atoms with Crippen LogP contribution in [0.5, 0.6) is 0 Å². The Morgan fingerprint density at radius 3 is 2.57 bits per heavy atom. The van der Waals surface area contributed by atoms with Crippen molar-refractivity contribution in [3.05, 3.63) is 0 Å². The first-order valence-electron chi connectivity index (χ1n) is 1.54. The van der Waals surface area contributed by atoms with Crippen molar-refractivity contribution in [3.63, 3.8) is 0 Å². The van der Waals surface area contributed by atoms with Crippen LogP contribution in [0.25, 0.3) is 0 Å². The van der Waals surface area contributed by atoms with Crippen molar-refractivity contribution in [1.82, 2.24) is 5.48 Å². The predicted molar refractivity (Wildman–Crippen MR) is 20.2 cm³/mol. The monoisotopic (exact) mass is 102 g/mol. The molecule has 0 unspecified atom stereocenters. The third kappa shape index (κ3) is 2.92. The highest BCUT2D eigenvalue weighted by molar-refractivity contribution is 6.22. The number of amides is 1. The first-order valence-corrected chi connectivity index (χ1v) is 1.54. The SMILES string of the molecule is CO[N]C(=O)C=O. The standard InChI is InChI=1S/C3H4NO3/c1-7-4-3(6)2-5/h2H,1H3. The molecule has 4 nitrogen and oxygen atoms in total. The first kappa shape index (κ1) is 6.10. The van der Waals surface area contributed by atoms with E-state index in [1.165, 1.54) is 7.11 Å². The second-order valence-corrected chi connectivity index (χ2v) is 0.730. The van der Waals surface area contributed by atoms with E-state index >= 15 is 0 Å².